The number of para-hydroxylation sites is 2. The van der Waals surface area contributed by atoms with Gasteiger partial charge in [0.1, 0.15) is 5.75 Å². The van der Waals surface area contributed by atoms with E-state index in [-0.39, 0.29) is 11.8 Å². The van der Waals surface area contributed by atoms with Gasteiger partial charge in [-0.25, -0.2) is 0 Å². The Labute approximate surface area is 170 Å². The van der Waals surface area contributed by atoms with Gasteiger partial charge in [-0.3, -0.25) is 9.59 Å². The second kappa shape index (κ2) is 9.60. The van der Waals surface area contributed by atoms with Gasteiger partial charge in [-0.2, -0.15) is 0 Å². The van der Waals surface area contributed by atoms with E-state index in [1.807, 2.05) is 17.9 Å². The number of rotatable bonds is 6. The molecule has 0 spiro atoms. The number of hydrogen-bond acceptors (Lipinski definition) is 3. The van der Waals surface area contributed by atoms with E-state index in [4.69, 9.17) is 16.3 Å². The van der Waals surface area contributed by atoms with E-state index in [1.54, 1.807) is 42.5 Å². The van der Waals surface area contributed by atoms with Crippen molar-refractivity contribution in [1.82, 2.24) is 4.90 Å². The maximum Gasteiger partial charge on any atom is 0.265 e. The average molecular weight is 401 g/mol. The Morgan fingerprint density at radius 1 is 1.07 bits per heavy atom. The third-order valence-corrected chi connectivity index (χ3v) is 5.14. The number of piperidine rings is 1. The Hall–Kier alpha value is -2.53. The molecule has 1 atom stereocenters. The standard InChI is InChI=1S/C22H25ClN2O3/c1-2-19(28-20-13-7-5-11-17(20)23)21(26)24-18-12-6-4-10-16(18)22(27)25-14-8-3-9-15-25/h4-7,10-13,19H,2-3,8-9,14-15H2,1H3,(H,24,26). The molecule has 3 rings (SSSR count). The number of carbonyl (C=O) groups excluding carboxylic acids is 2. The van der Waals surface area contributed by atoms with E-state index < -0.39 is 6.10 Å². The van der Waals surface area contributed by atoms with E-state index >= 15 is 0 Å². The number of benzene rings is 2. The average Bonchev–Trinajstić information content (AvgIpc) is 2.73. The Morgan fingerprint density at radius 2 is 1.75 bits per heavy atom. The number of amides is 2. The van der Waals surface area contributed by atoms with Gasteiger partial charge >= 0.3 is 0 Å². The van der Waals surface area contributed by atoms with Gasteiger partial charge in [0, 0.05) is 13.1 Å². The molecule has 1 aliphatic heterocycles. The van der Waals surface area contributed by atoms with Crippen molar-refractivity contribution in [1.29, 1.82) is 0 Å². The van der Waals surface area contributed by atoms with E-state index in [1.165, 1.54) is 0 Å². The van der Waals surface area contributed by atoms with Crippen LogP contribution in [0, 0.1) is 0 Å². The number of nitrogens with zero attached hydrogens (tertiary/aromatic N) is 1. The van der Waals surface area contributed by atoms with Crippen LogP contribution in [0.25, 0.3) is 0 Å². The van der Waals surface area contributed by atoms with Crippen LogP contribution >= 0.6 is 11.6 Å². The van der Waals surface area contributed by atoms with E-state index in [9.17, 15) is 9.59 Å². The summed E-state index contributed by atoms with van der Waals surface area (Å²) in [7, 11) is 0. The summed E-state index contributed by atoms with van der Waals surface area (Å²) in [6.07, 6.45) is 2.95. The molecule has 1 N–H and O–H groups in total. The molecule has 0 aliphatic carbocycles. The van der Waals surface area contributed by atoms with Crippen molar-refractivity contribution in [3.8, 4) is 5.75 Å². The maximum atomic E-state index is 12.9. The number of anilines is 1. The maximum absolute atomic E-state index is 12.9. The molecular weight excluding hydrogens is 376 g/mol. The number of halogens is 1. The Bertz CT molecular complexity index is 834. The predicted octanol–water partition coefficient (Wildman–Crippen LogP) is 4.76. The molecule has 1 aliphatic rings. The summed E-state index contributed by atoms with van der Waals surface area (Å²) in [6.45, 7) is 3.38. The fourth-order valence-electron chi connectivity index (χ4n) is 3.27. The van der Waals surface area contributed by atoms with Crippen molar-refractivity contribution in [2.24, 2.45) is 0 Å². The van der Waals surface area contributed by atoms with Crippen molar-refractivity contribution in [2.75, 3.05) is 18.4 Å². The highest BCUT2D eigenvalue weighted by molar-refractivity contribution is 6.32. The van der Waals surface area contributed by atoms with Gasteiger partial charge in [0.15, 0.2) is 6.10 Å². The summed E-state index contributed by atoms with van der Waals surface area (Å²) in [4.78, 5) is 27.6. The Morgan fingerprint density at radius 3 is 2.46 bits per heavy atom. The van der Waals surface area contributed by atoms with Crippen LogP contribution in [0.3, 0.4) is 0 Å². The number of nitrogens with one attached hydrogen (secondary N) is 1. The van der Waals surface area contributed by atoms with Gasteiger partial charge in [-0.1, -0.05) is 42.8 Å². The van der Waals surface area contributed by atoms with E-state index in [2.05, 4.69) is 5.32 Å². The van der Waals surface area contributed by atoms with Crippen LogP contribution in [-0.2, 0) is 4.79 Å². The lowest BCUT2D eigenvalue weighted by molar-refractivity contribution is -0.122. The molecule has 0 aromatic heterocycles. The fourth-order valence-corrected chi connectivity index (χ4v) is 3.46. The highest BCUT2D eigenvalue weighted by Crippen LogP contribution is 2.26. The van der Waals surface area contributed by atoms with Gasteiger partial charge in [0.2, 0.25) is 0 Å². The molecule has 1 unspecified atom stereocenters. The first kappa shape index (κ1) is 20.2. The summed E-state index contributed by atoms with van der Waals surface area (Å²) in [6, 6.07) is 14.2. The van der Waals surface area contributed by atoms with Crippen LogP contribution in [-0.4, -0.2) is 35.9 Å². The third kappa shape index (κ3) is 4.84. The molecule has 1 saturated heterocycles. The van der Waals surface area contributed by atoms with Crippen molar-refractivity contribution in [3.63, 3.8) is 0 Å². The lowest BCUT2D eigenvalue weighted by Gasteiger charge is -2.27. The molecule has 1 heterocycles. The lowest BCUT2D eigenvalue weighted by Crippen LogP contribution is -2.37. The smallest absolute Gasteiger partial charge is 0.265 e. The van der Waals surface area contributed by atoms with Gasteiger partial charge in [0.25, 0.3) is 11.8 Å². The molecule has 2 aromatic rings. The Kier molecular flexibility index (Phi) is 6.93. The Balaban J connectivity index is 1.74. The highest BCUT2D eigenvalue weighted by Gasteiger charge is 2.24. The molecule has 28 heavy (non-hydrogen) atoms. The number of ether oxygens (including phenoxy) is 1. The molecule has 0 radical (unpaired) electrons. The number of carbonyl (C=O) groups is 2. The van der Waals surface area contributed by atoms with Crippen LogP contribution in [0.15, 0.2) is 48.5 Å². The zero-order valence-corrected chi connectivity index (χ0v) is 16.7. The fraction of sp³-hybridized carbons (Fsp3) is 0.364. The summed E-state index contributed by atoms with van der Waals surface area (Å²) in [5, 5.41) is 3.32. The minimum absolute atomic E-state index is 0.0457. The second-order valence-electron chi connectivity index (χ2n) is 6.83. The SMILES string of the molecule is CCC(Oc1ccccc1Cl)C(=O)Nc1ccccc1C(=O)N1CCCCC1. The topological polar surface area (TPSA) is 58.6 Å². The first-order chi connectivity index (χ1) is 13.6. The molecule has 5 nitrogen and oxygen atoms in total. The third-order valence-electron chi connectivity index (χ3n) is 4.83. The largest absolute Gasteiger partial charge is 0.479 e. The summed E-state index contributed by atoms with van der Waals surface area (Å²) in [5.41, 5.74) is 1.01. The highest BCUT2D eigenvalue weighted by atomic mass is 35.5. The molecule has 0 bridgehead atoms. The molecule has 6 heteroatoms. The van der Waals surface area contributed by atoms with Gasteiger partial charge in [-0.15, -0.1) is 0 Å². The monoisotopic (exact) mass is 400 g/mol. The summed E-state index contributed by atoms with van der Waals surface area (Å²) >= 11 is 6.14. The van der Waals surface area contributed by atoms with Gasteiger partial charge in [0.05, 0.1) is 16.3 Å². The second-order valence-corrected chi connectivity index (χ2v) is 7.24. The summed E-state index contributed by atoms with van der Waals surface area (Å²) in [5.74, 6) is 0.112. The minimum atomic E-state index is -0.710. The number of hydrogen-bond donors (Lipinski definition) is 1. The first-order valence-corrected chi connectivity index (χ1v) is 10.1. The zero-order valence-electron chi connectivity index (χ0n) is 16.0. The first-order valence-electron chi connectivity index (χ1n) is 9.70. The molecule has 0 saturated carbocycles. The quantitative estimate of drug-likeness (QED) is 0.760. The zero-order chi connectivity index (χ0) is 19.9. The van der Waals surface area contributed by atoms with Crippen LogP contribution < -0.4 is 10.1 Å². The van der Waals surface area contributed by atoms with Crippen molar-refractivity contribution in [2.45, 2.75) is 38.7 Å². The van der Waals surface area contributed by atoms with Crippen LogP contribution in [0.2, 0.25) is 5.02 Å². The van der Waals surface area contributed by atoms with Crippen molar-refractivity contribution >= 4 is 29.1 Å². The molecule has 2 aromatic carbocycles. The van der Waals surface area contributed by atoms with Gasteiger partial charge < -0.3 is 15.0 Å². The van der Waals surface area contributed by atoms with E-state index in [0.717, 1.165) is 32.4 Å². The summed E-state index contributed by atoms with van der Waals surface area (Å²) < 4.78 is 5.81. The lowest BCUT2D eigenvalue weighted by atomic mass is 10.1. The molecular formula is C22H25ClN2O3. The molecule has 148 valence electrons. The van der Waals surface area contributed by atoms with Crippen LogP contribution in [0.1, 0.15) is 43.0 Å². The number of likely N-dealkylation sites (tertiary alicyclic amines) is 1. The normalized spacial score (nSPS) is 15.0. The van der Waals surface area contributed by atoms with Crippen molar-refractivity contribution < 1.29 is 14.3 Å². The van der Waals surface area contributed by atoms with Crippen LogP contribution in [0.5, 0.6) is 5.75 Å². The minimum Gasteiger partial charge on any atom is -0.479 e. The molecule has 2 amide bonds. The van der Waals surface area contributed by atoms with Gasteiger partial charge in [-0.05, 0) is 49.9 Å². The predicted molar refractivity (Wildman–Crippen MR) is 111 cm³/mol. The molecule has 1 fully saturated rings. The van der Waals surface area contributed by atoms with E-state index in [0.29, 0.717) is 28.4 Å². The van der Waals surface area contributed by atoms with Crippen molar-refractivity contribution in [3.05, 3.63) is 59.1 Å². The van der Waals surface area contributed by atoms with Crippen LogP contribution in [0.4, 0.5) is 5.69 Å².